The number of hydrogen-bond acceptors (Lipinski definition) is 2. The molecule has 2 atom stereocenters. The number of carboxylic acids is 1. The average Bonchev–Trinajstić information content (AvgIpc) is 2.03. The van der Waals surface area contributed by atoms with E-state index in [2.05, 4.69) is 0 Å². The third-order valence-corrected chi connectivity index (χ3v) is 3.17. The molecule has 0 amide bonds. The summed E-state index contributed by atoms with van der Waals surface area (Å²) in [4.78, 5) is 10.6. The van der Waals surface area contributed by atoms with Crippen molar-refractivity contribution < 1.29 is 14.3 Å². The Kier molecular flexibility index (Phi) is 7.04. The second-order valence-electron chi connectivity index (χ2n) is 3.03. The summed E-state index contributed by atoms with van der Waals surface area (Å²) >= 11 is 1.41. The van der Waals surface area contributed by atoms with Crippen molar-refractivity contribution >= 4 is 17.7 Å². The third-order valence-electron chi connectivity index (χ3n) is 1.71. The van der Waals surface area contributed by atoms with Gasteiger partial charge in [-0.15, -0.1) is 11.8 Å². The van der Waals surface area contributed by atoms with Gasteiger partial charge in [0, 0.05) is 0 Å². The molecule has 1 N–H and O–H groups in total. The number of alkyl halides is 1. The summed E-state index contributed by atoms with van der Waals surface area (Å²) < 4.78 is 12.3. The lowest BCUT2D eigenvalue weighted by atomic mass is 10.2. The Hall–Kier alpha value is -0.250. The van der Waals surface area contributed by atoms with Crippen molar-refractivity contribution in [2.75, 3.05) is 5.75 Å². The van der Waals surface area contributed by atoms with E-state index in [1.165, 1.54) is 18.7 Å². The van der Waals surface area contributed by atoms with Crippen LogP contribution in [0.3, 0.4) is 0 Å². The summed E-state index contributed by atoms with van der Waals surface area (Å²) in [5, 5.41) is 8.36. The van der Waals surface area contributed by atoms with Crippen LogP contribution in [0.4, 0.5) is 4.39 Å². The summed E-state index contributed by atoms with van der Waals surface area (Å²) in [6.07, 6.45) is 1.14. The van der Waals surface area contributed by atoms with Gasteiger partial charge in [-0.2, -0.15) is 0 Å². The molecule has 0 heterocycles. The number of carbonyl (C=O) groups is 1. The van der Waals surface area contributed by atoms with Gasteiger partial charge in [0.1, 0.15) is 5.25 Å². The molecule has 0 aliphatic carbocycles. The van der Waals surface area contributed by atoms with Crippen LogP contribution in [0.15, 0.2) is 0 Å². The van der Waals surface area contributed by atoms with Gasteiger partial charge in [0.25, 0.3) is 0 Å². The fourth-order valence-corrected chi connectivity index (χ4v) is 1.95. The first-order valence-electron chi connectivity index (χ1n) is 4.56. The van der Waals surface area contributed by atoms with Crippen LogP contribution in [0.2, 0.25) is 0 Å². The molecule has 13 heavy (non-hydrogen) atoms. The maximum atomic E-state index is 12.3. The zero-order valence-corrected chi connectivity index (χ0v) is 8.94. The fourth-order valence-electron chi connectivity index (χ4n) is 0.954. The van der Waals surface area contributed by atoms with Crippen molar-refractivity contribution in [3.63, 3.8) is 0 Å². The quantitative estimate of drug-likeness (QED) is 0.654. The molecule has 0 radical (unpaired) electrons. The highest BCUT2D eigenvalue weighted by Gasteiger charge is 2.14. The molecular formula is C9H17FO2S. The van der Waals surface area contributed by atoms with E-state index in [0.717, 1.165) is 12.2 Å². The van der Waals surface area contributed by atoms with Crippen LogP contribution in [0.5, 0.6) is 0 Å². The molecule has 0 fully saturated rings. The van der Waals surface area contributed by atoms with Crippen LogP contribution in [-0.4, -0.2) is 28.3 Å². The Labute approximate surface area is 82.9 Å². The van der Waals surface area contributed by atoms with Gasteiger partial charge >= 0.3 is 5.97 Å². The Bertz CT molecular complexity index is 151. The van der Waals surface area contributed by atoms with E-state index in [9.17, 15) is 9.18 Å². The van der Waals surface area contributed by atoms with Crippen LogP contribution < -0.4 is 0 Å². The van der Waals surface area contributed by atoms with Gasteiger partial charge < -0.3 is 5.11 Å². The average molecular weight is 208 g/mol. The molecule has 0 aliphatic rings. The molecule has 2 nitrogen and oxygen atoms in total. The lowest BCUT2D eigenvalue weighted by Crippen LogP contribution is -2.15. The standard InChI is InChI=1S/C9H17FO2S/c1-3-8(9(11)12)13-6-4-5-7(2)10/h7-8H,3-6H2,1-2H3,(H,11,12). The van der Waals surface area contributed by atoms with Crippen molar-refractivity contribution in [1.29, 1.82) is 0 Å². The predicted octanol–water partition coefficient (Wildman–Crippen LogP) is 2.72. The van der Waals surface area contributed by atoms with Crippen LogP contribution in [0.25, 0.3) is 0 Å². The maximum absolute atomic E-state index is 12.3. The van der Waals surface area contributed by atoms with E-state index in [-0.39, 0.29) is 5.25 Å². The lowest BCUT2D eigenvalue weighted by molar-refractivity contribution is -0.136. The molecule has 0 aromatic rings. The van der Waals surface area contributed by atoms with Crippen molar-refractivity contribution in [3.8, 4) is 0 Å². The summed E-state index contributed by atoms with van der Waals surface area (Å²) in [7, 11) is 0. The molecule has 0 saturated heterocycles. The number of rotatable bonds is 7. The number of halogens is 1. The smallest absolute Gasteiger partial charge is 0.316 e. The third kappa shape index (κ3) is 6.87. The van der Waals surface area contributed by atoms with E-state index in [4.69, 9.17) is 5.11 Å². The highest BCUT2D eigenvalue weighted by atomic mass is 32.2. The van der Waals surface area contributed by atoms with E-state index >= 15 is 0 Å². The summed E-state index contributed by atoms with van der Waals surface area (Å²) in [5.41, 5.74) is 0. The lowest BCUT2D eigenvalue weighted by Gasteiger charge is -2.08. The maximum Gasteiger partial charge on any atom is 0.316 e. The molecule has 78 valence electrons. The van der Waals surface area contributed by atoms with Gasteiger partial charge in [-0.3, -0.25) is 4.79 Å². The fraction of sp³-hybridized carbons (Fsp3) is 0.889. The largest absolute Gasteiger partial charge is 0.480 e. The molecule has 4 heteroatoms. The zero-order chi connectivity index (χ0) is 10.3. The SMILES string of the molecule is CCC(SCCCC(C)F)C(=O)O. The molecule has 0 saturated carbocycles. The van der Waals surface area contributed by atoms with Gasteiger partial charge in [-0.05, 0) is 31.9 Å². The van der Waals surface area contributed by atoms with E-state index in [1.807, 2.05) is 6.92 Å². The van der Waals surface area contributed by atoms with E-state index in [0.29, 0.717) is 12.8 Å². The molecular weight excluding hydrogens is 191 g/mol. The van der Waals surface area contributed by atoms with Gasteiger partial charge in [-0.1, -0.05) is 6.92 Å². The minimum absolute atomic E-state index is 0.324. The van der Waals surface area contributed by atoms with Gasteiger partial charge in [0.05, 0.1) is 6.17 Å². The number of carboxylic acid groups (broad SMARTS) is 1. The topological polar surface area (TPSA) is 37.3 Å². The van der Waals surface area contributed by atoms with Gasteiger partial charge in [0.15, 0.2) is 0 Å². The van der Waals surface area contributed by atoms with Crippen LogP contribution in [0, 0.1) is 0 Å². The molecule has 0 rings (SSSR count). The van der Waals surface area contributed by atoms with Gasteiger partial charge in [0.2, 0.25) is 0 Å². The summed E-state index contributed by atoms with van der Waals surface area (Å²) in [6.45, 7) is 3.38. The molecule has 0 aliphatic heterocycles. The van der Waals surface area contributed by atoms with Crippen LogP contribution >= 0.6 is 11.8 Å². The minimum atomic E-state index is -0.773. The van der Waals surface area contributed by atoms with E-state index in [1.54, 1.807) is 0 Å². The first kappa shape index (κ1) is 12.8. The Morgan fingerprint density at radius 1 is 1.62 bits per heavy atom. The first-order chi connectivity index (χ1) is 6.07. The highest BCUT2D eigenvalue weighted by molar-refractivity contribution is 8.00. The first-order valence-corrected chi connectivity index (χ1v) is 5.61. The van der Waals surface area contributed by atoms with Crippen LogP contribution in [0.1, 0.15) is 33.1 Å². The Morgan fingerprint density at radius 3 is 2.62 bits per heavy atom. The zero-order valence-electron chi connectivity index (χ0n) is 8.12. The Balaban J connectivity index is 3.44. The number of hydrogen-bond donors (Lipinski definition) is 1. The molecule has 0 bridgehead atoms. The molecule has 0 spiro atoms. The van der Waals surface area contributed by atoms with Crippen LogP contribution in [-0.2, 0) is 4.79 Å². The number of thioether (sulfide) groups is 1. The summed E-state index contributed by atoms with van der Waals surface area (Å²) in [5.74, 6) is -0.0280. The van der Waals surface area contributed by atoms with Crippen molar-refractivity contribution in [1.82, 2.24) is 0 Å². The van der Waals surface area contributed by atoms with E-state index < -0.39 is 12.1 Å². The van der Waals surface area contributed by atoms with Crippen molar-refractivity contribution in [2.24, 2.45) is 0 Å². The van der Waals surface area contributed by atoms with Crippen molar-refractivity contribution in [3.05, 3.63) is 0 Å². The predicted molar refractivity (Wildman–Crippen MR) is 54.0 cm³/mol. The molecule has 0 aromatic carbocycles. The molecule has 2 unspecified atom stereocenters. The number of aliphatic carboxylic acids is 1. The minimum Gasteiger partial charge on any atom is -0.480 e. The second-order valence-corrected chi connectivity index (χ2v) is 4.34. The molecule has 0 aromatic heterocycles. The highest BCUT2D eigenvalue weighted by Crippen LogP contribution is 2.17. The normalized spacial score (nSPS) is 15.3. The summed E-state index contributed by atoms with van der Waals surface area (Å²) in [6, 6.07) is 0. The Morgan fingerprint density at radius 2 is 2.23 bits per heavy atom. The monoisotopic (exact) mass is 208 g/mol. The van der Waals surface area contributed by atoms with Crippen molar-refractivity contribution in [2.45, 2.75) is 44.5 Å². The second kappa shape index (κ2) is 7.18. The van der Waals surface area contributed by atoms with Gasteiger partial charge in [-0.25, -0.2) is 4.39 Å².